The van der Waals surface area contributed by atoms with E-state index < -0.39 is 0 Å². The van der Waals surface area contributed by atoms with Gasteiger partial charge in [0.15, 0.2) is 0 Å². The van der Waals surface area contributed by atoms with E-state index in [1.54, 1.807) is 0 Å². The highest BCUT2D eigenvalue weighted by Crippen LogP contribution is 2.53. The van der Waals surface area contributed by atoms with Crippen molar-refractivity contribution in [1.29, 1.82) is 0 Å². The summed E-state index contributed by atoms with van der Waals surface area (Å²) in [4.78, 5) is 2.51. The Balaban J connectivity index is 1.16. The fourth-order valence-corrected chi connectivity index (χ4v) is 9.66. The molecule has 0 amide bonds. The van der Waals surface area contributed by atoms with Crippen molar-refractivity contribution >= 4 is 56.6 Å². The maximum Gasteiger partial charge on any atom is 0.0540 e. The van der Waals surface area contributed by atoms with Gasteiger partial charge >= 0.3 is 0 Å². The lowest BCUT2D eigenvalue weighted by molar-refractivity contribution is 0.773. The van der Waals surface area contributed by atoms with Gasteiger partial charge in [-0.3, -0.25) is 0 Å². The molecule has 0 spiro atoms. The van der Waals surface area contributed by atoms with Crippen molar-refractivity contribution in [2.45, 2.75) is 44.9 Å². The summed E-state index contributed by atoms with van der Waals surface area (Å²) in [6.45, 7) is 2.39. The van der Waals surface area contributed by atoms with Gasteiger partial charge in [-0.05, 0) is 148 Å². The second kappa shape index (κ2) is 12.0. The third-order valence-corrected chi connectivity index (χ3v) is 12.0. The Morgan fingerprint density at radius 3 is 2.38 bits per heavy atom. The van der Waals surface area contributed by atoms with E-state index >= 15 is 0 Å². The Bertz CT molecular complexity index is 2770. The average Bonchev–Trinajstić information content (AvgIpc) is 3.73. The molecule has 1 atom stereocenters. The second-order valence-electron chi connectivity index (χ2n) is 15.1. The van der Waals surface area contributed by atoms with Gasteiger partial charge in [0.05, 0.1) is 11.2 Å². The zero-order chi connectivity index (χ0) is 35.0. The lowest BCUT2D eigenvalue weighted by Crippen LogP contribution is -2.11. The highest BCUT2D eigenvalue weighted by molar-refractivity contribution is 6.17. The van der Waals surface area contributed by atoms with E-state index in [2.05, 4.69) is 174 Å². The standard InChI is InChI=1S/C51H40N2/c1-33-14-12-25-48-49(33)45-32-39(27-29-47(45)53(48)37-19-6-3-7-20-37)52(46-24-11-10-21-40(46)34-15-4-2-5-16-34)38-26-28-43-44(31-38)42-23-13-18-36-30-35-17-8-9-22-41(35)51(43)50(36)42/h2,4-6,8,10-13,15-21,23-33H,3,7,9,14,22H2,1H3. The number of hydrogen-bond donors (Lipinski definition) is 0. The molecule has 0 aliphatic heterocycles. The monoisotopic (exact) mass is 680 g/mol. The van der Waals surface area contributed by atoms with Crippen molar-refractivity contribution in [1.82, 2.24) is 4.57 Å². The van der Waals surface area contributed by atoms with Gasteiger partial charge in [0.25, 0.3) is 0 Å². The van der Waals surface area contributed by atoms with E-state index in [9.17, 15) is 0 Å². The third-order valence-electron chi connectivity index (χ3n) is 12.0. The number of hydrogen-bond acceptors (Lipinski definition) is 1. The number of benzene rings is 6. The van der Waals surface area contributed by atoms with Gasteiger partial charge in [0.2, 0.25) is 0 Å². The van der Waals surface area contributed by atoms with Crippen LogP contribution in [0.15, 0.2) is 146 Å². The van der Waals surface area contributed by atoms with E-state index in [-0.39, 0.29) is 0 Å². The van der Waals surface area contributed by atoms with Gasteiger partial charge in [-0.1, -0.05) is 110 Å². The molecule has 0 saturated carbocycles. The third kappa shape index (κ3) is 4.65. The van der Waals surface area contributed by atoms with Gasteiger partial charge < -0.3 is 9.47 Å². The summed E-state index contributed by atoms with van der Waals surface area (Å²) in [5.74, 6) is 0.437. The van der Waals surface area contributed by atoms with Crippen LogP contribution in [0.2, 0.25) is 0 Å². The lowest BCUT2D eigenvalue weighted by Gasteiger charge is -2.29. The highest BCUT2D eigenvalue weighted by atomic mass is 15.1. The summed E-state index contributed by atoms with van der Waals surface area (Å²) in [5, 5.41) is 4.08. The number of allylic oxidation sites excluding steroid dienone is 6. The number of anilines is 3. The van der Waals surface area contributed by atoms with Crippen LogP contribution in [0.5, 0.6) is 0 Å². The summed E-state index contributed by atoms with van der Waals surface area (Å²) < 4.78 is 2.50. The molecule has 0 N–H and O–H groups in total. The Hall–Kier alpha value is -6.12. The van der Waals surface area contributed by atoms with Gasteiger partial charge in [-0.25, -0.2) is 0 Å². The van der Waals surface area contributed by atoms with Gasteiger partial charge in [0, 0.05) is 33.7 Å². The van der Waals surface area contributed by atoms with Crippen molar-refractivity contribution in [3.63, 3.8) is 0 Å². The summed E-state index contributed by atoms with van der Waals surface area (Å²) in [5.41, 5.74) is 19.6. The molecule has 53 heavy (non-hydrogen) atoms. The van der Waals surface area contributed by atoms with E-state index in [0.717, 1.165) is 32.1 Å². The van der Waals surface area contributed by atoms with E-state index in [1.165, 1.54) is 100 Å². The predicted molar refractivity (Wildman–Crippen MR) is 226 cm³/mol. The lowest BCUT2D eigenvalue weighted by atomic mass is 9.87. The van der Waals surface area contributed by atoms with Crippen LogP contribution in [0.3, 0.4) is 0 Å². The quantitative estimate of drug-likeness (QED) is 0.176. The fourth-order valence-electron chi connectivity index (χ4n) is 9.66. The molecule has 7 aromatic rings. The molecular weight excluding hydrogens is 641 g/mol. The molecule has 0 bridgehead atoms. The molecule has 4 aliphatic rings. The summed E-state index contributed by atoms with van der Waals surface area (Å²) in [6, 6.07) is 43.4. The summed E-state index contributed by atoms with van der Waals surface area (Å²) in [6.07, 6.45) is 21.8. The van der Waals surface area contributed by atoms with Crippen molar-refractivity contribution in [2.75, 3.05) is 4.90 Å². The Kier molecular flexibility index (Phi) is 6.89. The summed E-state index contributed by atoms with van der Waals surface area (Å²) in [7, 11) is 0. The smallest absolute Gasteiger partial charge is 0.0540 e. The fraction of sp³-hybridized carbons (Fsp3) is 0.137. The van der Waals surface area contributed by atoms with Crippen LogP contribution in [0.25, 0.3) is 72.9 Å². The Labute approximate surface area is 311 Å². The number of aromatic nitrogens is 1. The largest absolute Gasteiger partial charge is 0.310 e. The molecule has 2 heteroatoms. The van der Waals surface area contributed by atoms with E-state index in [1.807, 2.05) is 0 Å². The molecule has 11 rings (SSSR count). The maximum atomic E-state index is 2.51. The molecule has 254 valence electrons. The zero-order valence-electron chi connectivity index (χ0n) is 30.0. The molecule has 0 fully saturated rings. The first-order chi connectivity index (χ1) is 26.2. The van der Waals surface area contributed by atoms with Crippen molar-refractivity contribution < 1.29 is 0 Å². The Morgan fingerprint density at radius 1 is 0.642 bits per heavy atom. The topological polar surface area (TPSA) is 8.17 Å². The maximum absolute atomic E-state index is 2.51. The molecule has 6 aromatic carbocycles. The molecule has 1 heterocycles. The predicted octanol–water partition coefficient (Wildman–Crippen LogP) is 14.2. The second-order valence-corrected chi connectivity index (χ2v) is 15.1. The van der Waals surface area contributed by atoms with Crippen LogP contribution >= 0.6 is 0 Å². The average molecular weight is 681 g/mol. The first kappa shape index (κ1) is 30.5. The zero-order valence-corrected chi connectivity index (χ0v) is 30.0. The van der Waals surface area contributed by atoms with Crippen LogP contribution in [0, 0.1) is 0 Å². The van der Waals surface area contributed by atoms with Crippen LogP contribution < -0.4 is 4.90 Å². The first-order valence-electron chi connectivity index (χ1n) is 19.3. The minimum Gasteiger partial charge on any atom is -0.310 e. The van der Waals surface area contributed by atoms with Crippen LogP contribution in [-0.4, -0.2) is 4.57 Å². The number of nitrogens with zero attached hydrogens (tertiary/aromatic N) is 2. The van der Waals surface area contributed by atoms with Crippen molar-refractivity contribution in [2.24, 2.45) is 0 Å². The number of fused-ring (bicyclic) bond motifs is 8. The van der Waals surface area contributed by atoms with Crippen LogP contribution in [-0.2, 0) is 6.42 Å². The molecular formula is C51H40N2. The van der Waals surface area contributed by atoms with E-state index in [0.29, 0.717) is 5.92 Å². The molecule has 4 aliphatic carbocycles. The molecule has 2 nitrogen and oxygen atoms in total. The number of para-hydroxylation sites is 1. The first-order valence-corrected chi connectivity index (χ1v) is 19.3. The molecule has 1 aromatic heterocycles. The Morgan fingerprint density at radius 2 is 1.47 bits per heavy atom. The van der Waals surface area contributed by atoms with Crippen molar-refractivity contribution in [3.05, 3.63) is 168 Å². The minimum atomic E-state index is 0.437. The van der Waals surface area contributed by atoms with Gasteiger partial charge in [-0.15, -0.1) is 0 Å². The minimum absolute atomic E-state index is 0.437. The van der Waals surface area contributed by atoms with Gasteiger partial charge in [0.1, 0.15) is 0 Å². The van der Waals surface area contributed by atoms with Crippen LogP contribution in [0.4, 0.5) is 17.1 Å². The molecule has 0 saturated heterocycles. The molecule has 1 unspecified atom stereocenters. The number of rotatable bonds is 5. The van der Waals surface area contributed by atoms with Crippen molar-refractivity contribution in [3.8, 4) is 33.4 Å². The van der Waals surface area contributed by atoms with E-state index in [4.69, 9.17) is 0 Å². The highest BCUT2D eigenvalue weighted by Gasteiger charge is 2.29. The molecule has 0 radical (unpaired) electrons. The van der Waals surface area contributed by atoms with Crippen LogP contribution in [0.1, 0.15) is 60.9 Å². The van der Waals surface area contributed by atoms with Gasteiger partial charge in [-0.2, -0.15) is 0 Å². The normalized spacial score (nSPS) is 16.5. The SMILES string of the molecule is CC1CC=Cc2c1c1cc(N(c3ccc4c(c3)-c3cccc5cc6c(c-4c35)CCC=C6)c3ccccc3-c3ccccc3)ccc1n2C1=CCCC=C1. The summed E-state index contributed by atoms with van der Waals surface area (Å²) >= 11 is 0.